The van der Waals surface area contributed by atoms with Gasteiger partial charge in [0, 0.05) is 5.69 Å². The molecule has 0 unspecified atom stereocenters. The first-order valence-corrected chi connectivity index (χ1v) is 4.39. The second-order valence-corrected chi connectivity index (χ2v) is 3.07. The zero-order chi connectivity index (χ0) is 10.6. The Balaban J connectivity index is 2.85. The summed E-state index contributed by atoms with van der Waals surface area (Å²) in [5, 5.41) is 2.78. The number of nitrogens with one attached hydrogen (secondary N) is 1. The fraction of sp³-hybridized carbons (Fsp3) is 0.167. The Bertz CT molecular complexity index is 401. The highest BCUT2D eigenvalue weighted by molar-refractivity contribution is 6.03. The molecule has 1 rings (SSSR count). The predicted molar refractivity (Wildman–Crippen MR) is 58.1 cm³/mol. The van der Waals surface area contributed by atoms with E-state index in [1.165, 1.54) is 0 Å². The van der Waals surface area contributed by atoms with E-state index in [9.17, 15) is 4.79 Å². The number of carbonyl (C=O) groups is 1. The van der Waals surface area contributed by atoms with Crippen LogP contribution in [-0.4, -0.2) is 5.91 Å². The van der Waals surface area contributed by atoms with Crippen LogP contribution in [0.1, 0.15) is 12.5 Å². The minimum Gasteiger partial charge on any atom is -0.322 e. The first-order valence-electron chi connectivity index (χ1n) is 4.39. The largest absolute Gasteiger partial charge is 0.322 e. The maximum atomic E-state index is 11.4. The molecule has 2 heteroatoms. The van der Waals surface area contributed by atoms with Crippen molar-refractivity contribution in [3.63, 3.8) is 0 Å². The summed E-state index contributed by atoms with van der Waals surface area (Å²) in [5.41, 5.74) is 4.92. The molecule has 1 N–H and O–H groups in total. The van der Waals surface area contributed by atoms with E-state index >= 15 is 0 Å². The summed E-state index contributed by atoms with van der Waals surface area (Å²) < 4.78 is 0. The van der Waals surface area contributed by atoms with Gasteiger partial charge >= 0.3 is 0 Å². The fourth-order valence-electron chi connectivity index (χ4n) is 1.01. The molecule has 0 saturated heterocycles. The van der Waals surface area contributed by atoms with E-state index in [1.807, 2.05) is 31.2 Å². The van der Waals surface area contributed by atoms with Gasteiger partial charge in [-0.15, -0.1) is 5.73 Å². The molecule has 0 aliphatic rings. The third-order valence-corrected chi connectivity index (χ3v) is 2.00. The molecule has 0 atom stereocenters. The van der Waals surface area contributed by atoms with Gasteiger partial charge in [-0.1, -0.05) is 24.8 Å². The van der Waals surface area contributed by atoms with Gasteiger partial charge in [-0.05, 0) is 25.5 Å². The van der Waals surface area contributed by atoms with E-state index in [2.05, 4.69) is 17.6 Å². The Hall–Kier alpha value is -1.79. The molecule has 0 fully saturated rings. The van der Waals surface area contributed by atoms with Crippen molar-refractivity contribution in [1.29, 1.82) is 0 Å². The van der Waals surface area contributed by atoms with Crippen molar-refractivity contribution in [2.45, 2.75) is 13.8 Å². The van der Waals surface area contributed by atoms with Crippen molar-refractivity contribution in [3.8, 4) is 0 Å². The van der Waals surface area contributed by atoms with Gasteiger partial charge in [-0.25, -0.2) is 0 Å². The molecule has 1 aromatic carbocycles. The second-order valence-electron chi connectivity index (χ2n) is 3.07. The van der Waals surface area contributed by atoms with Crippen LogP contribution in [0.25, 0.3) is 0 Å². The Morgan fingerprint density at radius 3 is 2.64 bits per heavy atom. The highest BCUT2D eigenvalue weighted by atomic mass is 16.1. The molecule has 0 spiro atoms. The van der Waals surface area contributed by atoms with Crippen molar-refractivity contribution >= 4 is 11.6 Å². The Morgan fingerprint density at radius 1 is 1.43 bits per heavy atom. The first-order chi connectivity index (χ1) is 6.65. The average Bonchev–Trinajstić information content (AvgIpc) is 2.20. The third-order valence-electron chi connectivity index (χ3n) is 2.00. The van der Waals surface area contributed by atoms with Gasteiger partial charge in [0.25, 0.3) is 5.91 Å². The molecule has 14 heavy (non-hydrogen) atoms. The number of anilines is 1. The molecular weight excluding hydrogens is 174 g/mol. The lowest BCUT2D eigenvalue weighted by Gasteiger charge is -2.06. The monoisotopic (exact) mass is 187 g/mol. The van der Waals surface area contributed by atoms with Crippen LogP contribution in [0.2, 0.25) is 0 Å². The summed E-state index contributed by atoms with van der Waals surface area (Å²) in [7, 11) is 0. The Labute approximate surface area is 84.0 Å². The van der Waals surface area contributed by atoms with Crippen molar-refractivity contribution in [2.75, 3.05) is 5.32 Å². The topological polar surface area (TPSA) is 29.1 Å². The number of rotatable bonds is 2. The Kier molecular flexibility index (Phi) is 3.27. The van der Waals surface area contributed by atoms with Gasteiger partial charge < -0.3 is 5.32 Å². The van der Waals surface area contributed by atoms with Gasteiger partial charge in [-0.3, -0.25) is 4.79 Å². The number of amides is 1. The normalized spacial score (nSPS) is 9.00. The van der Waals surface area contributed by atoms with Gasteiger partial charge in [0.2, 0.25) is 0 Å². The van der Waals surface area contributed by atoms with Crippen LogP contribution >= 0.6 is 0 Å². The lowest BCUT2D eigenvalue weighted by molar-refractivity contribution is -0.112. The van der Waals surface area contributed by atoms with E-state index in [-0.39, 0.29) is 5.91 Å². The molecule has 0 heterocycles. The minimum atomic E-state index is -0.158. The predicted octanol–water partition coefficient (Wildman–Crippen LogP) is 2.66. The standard InChI is InChI=1S/C12H13NO/c1-4-9(2)12(14)13-11-8-6-5-7-10(11)3/h5-8H,1H2,2-3H3,(H,13,14). The highest BCUT2D eigenvalue weighted by Crippen LogP contribution is 2.13. The molecule has 0 saturated carbocycles. The van der Waals surface area contributed by atoms with Crippen LogP contribution in [-0.2, 0) is 4.79 Å². The third kappa shape index (κ3) is 2.35. The lowest BCUT2D eigenvalue weighted by Crippen LogP contribution is -2.12. The van der Waals surface area contributed by atoms with Crippen LogP contribution in [0.4, 0.5) is 5.69 Å². The van der Waals surface area contributed by atoms with Gasteiger partial charge in [0.15, 0.2) is 0 Å². The van der Waals surface area contributed by atoms with Crippen molar-refractivity contribution in [1.82, 2.24) is 0 Å². The zero-order valence-corrected chi connectivity index (χ0v) is 8.42. The van der Waals surface area contributed by atoms with E-state index in [4.69, 9.17) is 0 Å². The van der Waals surface area contributed by atoms with Crippen molar-refractivity contribution in [2.24, 2.45) is 0 Å². The number of hydrogen-bond acceptors (Lipinski definition) is 1. The maximum absolute atomic E-state index is 11.4. The average molecular weight is 187 g/mol. The molecule has 72 valence electrons. The summed E-state index contributed by atoms with van der Waals surface area (Å²) in [5.74, 6) is -0.158. The molecule has 1 aromatic rings. The molecule has 0 bridgehead atoms. The van der Waals surface area contributed by atoms with Crippen LogP contribution in [0.15, 0.2) is 42.1 Å². The quantitative estimate of drug-likeness (QED) is 0.559. The molecule has 0 radical (unpaired) electrons. The van der Waals surface area contributed by atoms with E-state index in [0.29, 0.717) is 5.57 Å². The second kappa shape index (κ2) is 4.45. The molecular formula is C12H13NO. The number of benzene rings is 1. The zero-order valence-electron chi connectivity index (χ0n) is 8.42. The fourth-order valence-corrected chi connectivity index (χ4v) is 1.01. The number of carbonyl (C=O) groups excluding carboxylic acids is 1. The number of aryl methyl sites for hydroxylation is 1. The summed E-state index contributed by atoms with van der Waals surface area (Å²) in [6.07, 6.45) is 0. The smallest absolute Gasteiger partial charge is 0.259 e. The van der Waals surface area contributed by atoms with Crippen LogP contribution in [0.3, 0.4) is 0 Å². The number of para-hydroxylation sites is 1. The summed E-state index contributed by atoms with van der Waals surface area (Å²) in [4.78, 5) is 11.4. The Morgan fingerprint density at radius 2 is 2.07 bits per heavy atom. The highest BCUT2D eigenvalue weighted by Gasteiger charge is 2.04. The summed E-state index contributed by atoms with van der Waals surface area (Å²) >= 11 is 0. The van der Waals surface area contributed by atoms with Gasteiger partial charge in [-0.2, -0.15) is 0 Å². The first kappa shape index (κ1) is 10.3. The summed E-state index contributed by atoms with van der Waals surface area (Å²) in [6, 6.07) is 7.63. The minimum absolute atomic E-state index is 0.158. The van der Waals surface area contributed by atoms with Crippen molar-refractivity contribution < 1.29 is 4.79 Å². The van der Waals surface area contributed by atoms with Crippen molar-refractivity contribution in [3.05, 3.63) is 47.7 Å². The maximum Gasteiger partial charge on any atom is 0.259 e. The summed E-state index contributed by atoms with van der Waals surface area (Å²) in [6.45, 7) is 7.05. The lowest BCUT2D eigenvalue weighted by atomic mass is 10.2. The molecule has 2 nitrogen and oxygen atoms in total. The van der Waals surface area contributed by atoms with Crippen LogP contribution in [0.5, 0.6) is 0 Å². The molecule has 0 aliphatic carbocycles. The van der Waals surface area contributed by atoms with Crippen LogP contribution < -0.4 is 5.32 Å². The molecule has 1 amide bonds. The van der Waals surface area contributed by atoms with E-state index < -0.39 is 0 Å². The van der Waals surface area contributed by atoms with E-state index in [1.54, 1.807) is 6.92 Å². The van der Waals surface area contributed by atoms with Gasteiger partial charge in [0.1, 0.15) is 0 Å². The SMILES string of the molecule is C=C=C(C)C(=O)Nc1ccccc1C. The van der Waals surface area contributed by atoms with E-state index in [0.717, 1.165) is 11.3 Å². The number of hydrogen-bond donors (Lipinski definition) is 1. The van der Waals surface area contributed by atoms with Gasteiger partial charge in [0.05, 0.1) is 5.57 Å². The molecule has 0 aliphatic heterocycles. The van der Waals surface area contributed by atoms with Crippen LogP contribution in [0, 0.1) is 6.92 Å². The molecule has 0 aromatic heterocycles.